The number of anilines is 3. The molecule has 0 aliphatic carbocycles. The monoisotopic (exact) mass is 284 g/mol. The maximum Gasteiger partial charge on any atom is 0.229 e. The number of aromatic nitrogens is 2. The van der Waals surface area contributed by atoms with Gasteiger partial charge < -0.3 is 15.0 Å². The van der Waals surface area contributed by atoms with Crippen molar-refractivity contribution in [1.82, 2.24) is 9.97 Å². The van der Waals surface area contributed by atoms with E-state index in [1.165, 1.54) is 11.1 Å². The molecule has 3 rings (SSSR count). The minimum Gasteiger partial charge on any atom is -0.378 e. The van der Waals surface area contributed by atoms with Crippen LogP contribution in [0.2, 0.25) is 0 Å². The summed E-state index contributed by atoms with van der Waals surface area (Å²) in [5.41, 5.74) is 3.55. The Balaban J connectivity index is 1.77. The van der Waals surface area contributed by atoms with Gasteiger partial charge in [0, 0.05) is 25.0 Å². The van der Waals surface area contributed by atoms with E-state index in [4.69, 9.17) is 4.74 Å². The van der Waals surface area contributed by atoms with Gasteiger partial charge >= 0.3 is 0 Å². The molecule has 1 aliphatic rings. The van der Waals surface area contributed by atoms with Gasteiger partial charge in [0.1, 0.15) is 5.82 Å². The van der Waals surface area contributed by atoms with Crippen molar-refractivity contribution in [3.05, 3.63) is 41.6 Å². The van der Waals surface area contributed by atoms with E-state index in [-0.39, 0.29) is 0 Å². The first-order valence-electron chi connectivity index (χ1n) is 7.22. The van der Waals surface area contributed by atoms with Gasteiger partial charge in [-0.25, -0.2) is 4.98 Å². The van der Waals surface area contributed by atoms with E-state index < -0.39 is 0 Å². The lowest BCUT2D eigenvalue weighted by atomic mass is 10.1. The number of benzene rings is 1. The molecule has 5 nitrogen and oxygen atoms in total. The summed E-state index contributed by atoms with van der Waals surface area (Å²) in [6, 6.07) is 8.20. The topological polar surface area (TPSA) is 50.3 Å². The molecular formula is C16H20N4O. The Bertz CT molecular complexity index is 623. The quantitative estimate of drug-likeness (QED) is 0.939. The smallest absolute Gasteiger partial charge is 0.229 e. The molecule has 0 spiro atoms. The highest BCUT2D eigenvalue weighted by atomic mass is 16.5. The van der Waals surface area contributed by atoms with Crippen LogP contribution in [-0.2, 0) is 4.74 Å². The first-order valence-corrected chi connectivity index (χ1v) is 7.22. The molecule has 1 aliphatic heterocycles. The van der Waals surface area contributed by atoms with Crippen LogP contribution in [0.15, 0.2) is 30.5 Å². The van der Waals surface area contributed by atoms with Gasteiger partial charge in [-0.2, -0.15) is 4.98 Å². The number of hydrogen-bond donors (Lipinski definition) is 1. The molecule has 0 unspecified atom stereocenters. The maximum absolute atomic E-state index is 5.37. The van der Waals surface area contributed by atoms with Crippen LogP contribution in [0.4, 0.5) is 17.5 Å². The number of rotatable bonds is 3. The van der Waals surface area contributed by atoms with Crippen molar-refractivity contribution in [3.8, 4) is 0 Å². The molecule has 5 heteroatoms. The number of morpholine rings is 1. The van der Waals surface area contributed by atoms with Crippen molar-refractivity contribution in [2.24, 2.45) is 0 Å². The van der Waals surface area contributed by atoms with Gasteiger partial charge in [-0.1, -0.05) is 6.07 Å². The van der Waals surface area contributed by atoms with E-state index >= 15 is 0 Å². The maximum atomic E-state index is 5.37. The van der Waals surface area contributed by atoms with Crippen molar-refractivity contribution in [3.63, 3.8) is 0 Å². The molecule has 21 heavy (non-hydrogen) atoms. The minimum absolute atomic E-state index is 0.627. The lowest BCUT2D eigenvalue weighted by Gasteiger charge is -2.27. The molecular weight excluding hydrogens is 264 g/mol. The number of aryl methyl sites for hydroxylation is 2. The van der Waals surface area contributed by atoms with Crippen LogP contribution in [0.5, 0.6) is 0 Å². The van der Waals surface area contributed by atoms with Crippen LogP contribution in [0, 0.1) is 13.8 Å². The molecule has 0 atom stereocenters. The van der Waals surface area contributed by atoms with Crippen LogP contribution >= 0.6 is 0 Å². The SMILES string of the molecule is Cc1ccc(Nc2nccc(N3CCOCC3)n2)cc1C. The molecule has 1 aromatic carbocycles. The van der Waals surface area contributed by atoms with E-state index in [2.05, 4.69) is 46.2 Å². The zero-order valence-corrected chi connectivity index (χ0v) is 12.5. The molecule has 0 bridgehead atoms. The highest BCUT2D eigenvalue weighted by Crippen LogP contribution is 2.19. The van der Waals surface area contributed by atoms with Crippen molar-refractivity contribution >= 4 is 17.5 Å². The van der Waals surface area contributed by atoms with Gasteiger partial charge in [-0.05, 0) is 43.2 Å². The Kier molecular flexibility index (Phi) is 4.01. The van der Waals surface area contributed by atoms with Crippen LogP contribution in [0.1, 0.15) is 11.1 Å². The third kappa shape index (κ3) is 3.31. The molecule has 1 fully saturated rings. The molecule has 0 amide bonds. The van der Waals surface area contributed by atoms with E-state index in [0.717, 1.165) is 37.8 Å². The van der Waals surface area contributed by atoms with E-state index in [1.807, 2.05) is 12.1 Å². The fourth-order valence-electron chi connectivity index (χ4n) is 2.33. The lowest BCUT2D eigenvalue weighted by Crippen LogP contribution is -2.36. The molecule has 0 saturated carbocycles. The van der Waals surface area contributed by atoms with Crippen molar-refractivity contribution < 1.29 is 4.74 Å². The first-order chi connectivity index (χ1) is 10.2. The van der Waals surface area contributed by atoms with Crippen molar-refractivity contribution in [2.45, 2.75) is 13.8 Å². The van der Waals surface area contributed by atoms with Crippen LogP contribution < -0.4 is 10.2 Å². The number of nitrogens with zero attached hydrogens (tertiary/aromatic N) is 3. The van der Waals surface area contributed by atoms with Crippen LogP contribution in [-0.4, -0.2) is 36.3 Å². The van der Waals surface area contributed by atoms with E-state index in [1.54, 1.807) is 6.20 Å². The van der Waals surface area contributed by atoms with E-state index in [9.17, 15) is 0 Å². The van der Waals surface area contributed by atoms with Crippen LogP contribution in [0.25, 0.3) is 0 Å². The standard InChI is InChI=1S/C16H20N4O/c1-12-3-4-14(11-13(12)2)18-16-17-6-5-15(19-16)20-7-9-21-10-8-20/h3-6,11H,7-10H2,1-2H3,(H,17,18,19). The highest BCUT2D eigenvalue weighted by Gasteiger charge is 2.13. The largest absolute Gasteiger partial charge is 0.378 e. The molecule has 110 valence electrons. The Morgan fingerprint density at radius 1 is 1.10 bits per heavy atom. The zero-order valence-electron chi connectivity index (χ0n) is 12.5. The summed E-state index contributed by atoms with van der Waals surface area (Å²) in [5, 5.41) is 3.27. The fourth-order valence-corrected chi connectivity index (χ4v) is 2.33. The summed E-state index contributed by atoms with van der Waals surface area (Å²) in [7, 11) is 0. The highest BCUT2D eigenvalue weighted by molar-refractivity contribution is 5.57. The van der Waals surface area contributed by atoms with Crippen molar-refractivity contribution in [1.29, 1.82) is 0 Å². The van der Waals surface area contributed by atoms with Crippen LogP contribution in [0.3, 0.4) is 0 Å². The van der Waals surface area contributed by atoms with Gasteiger partial charge in [-0.15, -0.1) is 0 Å². The third-order valence-electron chi connectivity index (χ3n) is 3.74. The fraction of sp³-hybridized carbons (Fsp3) is 0.375. The molecule has 2 aromatic rings. The Labute approximate surface area is 125 Å². The molecule has 1 N–H and O–H groups in total. The summed E-state index contributed by atoms with van der Waals surface area (Å²) in [6.45, 7) is 7.47. The Morgan fingerprint density at radius 3 is 2.67 bits per heavy atom. The normalized spacial score (nSPS) is 15.0. The van der Waals surface area contributed by atoms with Gasteiger partial charge in [0.25, 0.3) is 0 Å². The molecule has 2 heterocycles. The summed E-state index contributed by atoms with van der Waals surface area (Å²) >= 11 is 0. The lowest BCUT2D eigenvalue weighted by molar-refractivity contribution is 0.122. The first kappa shape index (κ1) is 13.8. The number of ether oxygens (including phenoxy) is 1. The molecule has 1 saturated heterocycles. The summed E-state index contributed by atoms with van der Waals surface area (Å²) < 4.78 is 5.37. The number of hydrogen-bond acceptors (Lipinski definition) is 5. The van der Waals surface area contributed by atoms with Crippen molar-refractivity contribution in [2.75, 3.05) is 36.5 Å². The average molecular weight is 284 g/mol. The average Bonchev–Trinajstić information content (AvgIpc) is 2.52. The van der Waals surface area contributed by atoms with E-state index in [0.29, 0.717) is 5.95 Å². The number of nitrogens with one attached hydrogen (secondary N) is 1. The third-order valence-corrected chi connectivity index (χ3v) is 3.74. The van der Waals surface area contributed by atoms with Gasteiger partial charge in [0.05, 0.1) is 13.2 Å². The predicted molar refractivity (Wildman–Crippen MR) is 84.3 cm³/mol. The summed E-state index contributed by atoms with van der Waals surface area (Å²) in [4.78, 5) is 11.1. The summed E-state index contributed by atoms with van der Waals surface area (Å²) in [5.74, 6) is 1.57. The molecule has 0 radical (unpaired) electrons. The van der Waals surface area contributed by atoms with Gasteiger partial charge in [-0.3, -0.25) is 0 Å². The molecule has 1 aromatic heterocycles. The predicted octanol–water partition coefficient (Wildman–Crippen LogP) is 2.67. The zero-order chi connectivity index (χ0) is 14.7. The summed E-state index contributed by atoms with van der Waals surface area (Å²) in [6.07, 6.45) is 1.79. The second-order valence-corrected chi connectivity index (χ2v) is 5.26. The second kappa shape index (κ2) is 6.10. The minimum atomic E-state index is 0.627. The van der Waals surface area contributed by atoms with Gasteiger partial charge in [0.15, 0.2) is 0 Å². The Morgan fingerprint density at radius 2 is 1.90 bits per heavy atom. The second-order valence-electron chi connectivity index (χ2n) is 5.26. The van der Waals surface area contributed by atoms with Gasteiger partial charge in [0.2, 0.25) is 5.95 Å². The Hall–Kier alpha value is -2.14.